The van der Waals surface area contributed by atoms with Gasteiger partial charge in [0.15, 0.2) is 37.7 Å². The lowest BCUT2D eigenvalue weighted by Crippen LogP contribution is -2.69. The number of rotatable bonds is 34. The molecule has 22 heterocycles. The van der Waals surface area contributed by atoms with Crippen LogP contribution in [0, 0.1) is 0 Å². The maximum Gasteiger partial charge on any atom is 0.222 e. The van der Waals surface area contributed by atoms with Gasteiger partial charge in [-0.2, -0.15) is 11.8 Å². The van der Waals surface area contributed by atoms with E-state index in [0.29, 0.717) is 57.7 Å². The minimum Gasteiger partial charge on any atom is -0.387 e. The van der Waals surface area contributed by atoms with Crippen LogP contribution in [0.15, 0.2) is 30.7 Å². The zero-order valence-electron chi connectivity index (χ0n) is 54.5. The van der Waals surface area contributed by atoms with E-state index in [0.717, 1.165) is 0 Å². The first-order valence-corrected chi connectivity index (χ1v) is 33.4. The van der Waals surface area contributed by atoms with E-state index in [-0.39, 0.29) is 45.1 Å². The number of hydrogen-bond acceptors (Lipinski definition) is 37. The van der Waals surface area contributed by atoms with Crippen LogP contribution in [0.1, 0.15) is 12.8 Å². The molecule has 0 aromatic rings. The molecule has 0 aromatic carbocycles. The van der Waals surface area contributed by atoms with Crippen molar-refractivity contribution < 1.29 is 141 Å². The number of carbonyl (C=O) groups is 1. The van der Waals surface area contributed by atoms with E-state index < -0.39 is 224 Å². The fourth-order valence-electron chi connectivity index (χ4n) is 11.6. The van der Waals surface area contributed by atoms with E-state index in [1.54, 1.807) is 0 Å². The van der Waals surface area contributed by atoms with Gasteiger partial charge in [-0.1, -0.05) is 30.7 Å². The predicted octanol–water partition coefficient (Wildman–Crippen LogP) is -4.47. The summed E-state index contributed by atoms with van der Waals surface area (Å²) in [6.07, 6.45) is -60.1. The van der Waals surface area contributed by atoms with Gasteiger partial charge in [0.2, 0.25) is 5.91 Å². The van der Waals surface area contributed by atoms with Crippen LogP contribution >= 0.6 is 11.8 Å². The molecule has 22 aliphatic rings. The Labute approximate surface area is 582 Å². The molecule has 0 aliphatic carbocycles. The van der Waals surface area contributed by atoms with Gasteiger partial charge < -0.3 is 148 Å². The minimum atomic E-state index is -2.26. The first kappa shape index (κ1) is 83.8. The predicted molar refractivity (Wildman–Crippen MR) is 333 cm³/mol. The van der Waals surface area contributed by atoms with Crippen LogP contribution in [-0.4, -0.2) is 370 Å². The molecule has 574 valence electrons. The molecule has 22 aliphatic heterocycles. The Morgan fingerprint density at radius 3 is 0.941 bits per heavy atom. The Morgan fingerprint density at radius 1 is 0.363 bits per heavy atom. The normalized spacial score (nSPS) is 39.2. The first-order chi connectivity index (χ1) is 49.4. The van der Waals surface area contributed by atoms with Crippen molar-refractivity contribution in [3.63, 3.8) is 0 Å². The van der Waals surface area contributed by atoms with Gasteiger partial charge in [-0.05, 0) is 45.4 Å². The van der Waals surface area contributed by atoms with Crippen molar-refractivity contribution in [2.45, 2.75) is 197 Å². The zero-order valence-corrected chi connectivity index (χ0v) is 55.3. The Balaban J connectivity index is 1.15. The molecular formula is C52H86N20O29S. The smallest absolute Gasteiger partial charge is 0.222 e. The fraction of sp³-hybridized carbons (Fsp3) is 0.981. The average molecular weight is 1490 g/mol. The van der Waals surface area contributed by atoms with Gasteiger partial charge in [-0.25, -0.2) is 0 Å². The Bertz CT molecular complexity index is 2860. The van der Waals surface area contributed by atoms with E-state index in [9.17, 15) is 94.2 Å². The lowest BCUT2D eigenvalue weighted by atomic mass is 9.94. The van der Waals surface area contributed by atoms with Crippen molar-refractivity contribution in [2.75, 3.05) is 123 Å². The van der Waals surface area contributed by atoms with Crippen molar-refractivity contribution in [3.8, 4) is 0 Å². The fourth-order valence-corrected chi connectivity index (χ4v) is 12.4. The molecule has 30 atom stereocenters. The second kappa shape index (κ2) is 43.8. The SMILES string of the molecule is [N-]=[N+]=NC[C@H]1O[C@@H]2O[C@H]3[C@H](O)[C@@H](O)[C@@H](O[C@H]4[C@H](O)[C@@H](O)[C@@H](O[C@H]5[C@H](O)[C@@H](O)[C@@H](O[C@H]6[C@H](O)[C@@H](OCCCSCCNC(=O)CCOCCOCCOCCOCCN)[C@@H](O[C@H]7[C@H](O)[C@@H](O)[C@H](O[C@H]1[C@H](O)[C@H]2O)O[C@@H]7CN=[N+]=[N-])O[C@@H]6CN=[N+]=[N-])O[C@@H]5CN=[N+]=[N-])O[C@@H]4CN=[N+]=[N-])O[C@@H]3CN=[N+]=[N-]. The topological polar surface area (TPSA) is 727 Å². The van der Waals surface area contributed by atoms with Gasteiger partial charge in [0, 0.05) is 61.3 Å². The number of nitrogens with zero attached hydrogens (tertiary/aromatic N) is 18. The maximum absolute atomic E-state index is 12.5. The molecule has 22 saturated heterocycles. The molecule has 22 fully saturated rings. The lowest BCUT2D eigenvalue weighted by molar-refractivity contribution is -0.399. The largest absolute Gasteiger partial charge is 0.387 e. The number of aliphatic hydroxyl groups is 11. The summed E-state index contributed by atoms with van der Waals surface area (Å²) in [6.45, 7) is -1.40. The third kappa shape index (κ3) is 23.3. The number of aliphatic hydroxyl groups excluding tert-OH is 11. The van der Waals surface area contributed by atoms with Crippen LogP contribution in [0.4, 0.5) is 0 Å². The molecule has 102 heavy (non-hydrogen) atoms. The third-order valence-corrected chi connectivity index (χ3v) is 17.8. The van der Waals surface area contributed by atoms with Crippen molar-refractivity contribution in [1.29, 1.82) is 0 Å². The van der Waals surface area contributed by atoms with E-state index >= 15 is 0 Å². The number of amides is 1. The molecule has 0 aromatic heterocycles. The van der Waals surface area contributed by atoms with Crippen LogP contribution in [-0.2, 0) is 85.3 Å². The van der Waals surface area contributed by atoms with Crippen LogP contribution in [0.25, 0.3) is 62.7 Å². The third-order valence-electron chi connectivity index (χ3n) is 16.7. The van der Waals surface area contributed by atoms with E-state index in [1.165, 1.54) is 11.8 Å². The van der Waals surface area contributed by atoms with Crippen molar-refractivity contribution in [3.05, 3.63) is 62.7 Å². The number of nitrogens with two attached hydrogens (primary N) is 1. The summed E-state index contributed by atoms with van der Waals surface area (Å²) in [5.41, 5.74) is 62.1. The Kier molecular flexibility index (Phi) is 36.0. The summed E-state index contributed by atoms with van der Waals surface area (Å²) in [7, 11) is 0. The van der Waals surface area contributed by atoms with Gasteiger partial charge in [0.1, 0.15) is 110 Å². The molecule has 1 amide bonds. The summed E-state index contributed by atoms with van der Waals surface area (Å²) >= 11 is 1.40. The second-order valence-corrected chi connectivity index (χ2v) is 24.6. The maximum atomic E-state index is 12.5. The minimum absolute atomic E-state index is 0.0768. The zero-order chi connectivity index (χ0) is 73.7. The van der Waals surface area contributed by atoms with Crippen LogP contribution in [0.3, 0.4) is 0 Å². The van der Waals surface area contributed by atoms with Crippen molar-refractivity contribution >= 4 is 17.7 Å². The van der Waals surface area contributed by atoms with Crippen molar-refractivity contribution in [1.82, 2.24) is 5.32 Å². The van der Waals surface area contributed by atoms with Gasteiger partial charge in [0.25, 0.3) is 0 Å². The standard InChI is InChI=1S/C52H86N20O29S/c53-3-7-86-9-11-88-13-12-87-10-8-85-6-2-28(73)60-4-15-102-14-1-5-89-46-39(84)45-27(21-66-72-59)95-52(46)101-44-26(20-65-71-58)94-50(38(83)33(44)78)99-42-24(18-63-69-56)92-48(36(81)31(42)76)97-40-22(16-61-67-54)90-47(34(79)29(40)74)96-41-23(17-62-68-55)91-49(35(80)30(41)75)98-43-25(19-64-70-57)93-51(100-45)37(82)32(43)77/h22-27,29-52,74-84H,1-21,53H2,(H,60,73)/t22-,23-,24-,25-,26-,27-,29-,30-,31-,32-,33-,34-,35-,36-,37-,38-,39+,40-,41-,42-,43-,44-,45-,46-,47-,48-,49-,50+,51-,52-/m1/s1. The summed E-state index contributed by atoms with van der Waals surface area (Å²) < 4.78 is 100. The van der Waals surface area contributed by atoms with Gasteiger partial charge >= 0.3 is 0 Å². The van der Waals surface area contributed by atoms with Gasteiger partial charge in [-0.3, -0.25) is 4.79 Å². The summed E-state index contributed by atoms with van der Waals surface area (Å²) in [5.74, 6) is 0.528. The Morgan fingerprint density at radius 2 is 0.637 bits per heavy atom. The van der Waals surface area contributed by atoms with E-state index in [2.05, 4.69) is 65.5 Å². The highest BCUT2D eigenvalue weighted by Crippen LogP contribution is 2.39. The van der Waals surface area contributed by atoms with Crippen LogP contribution in [0.2, 0.25) is 0 Å². The lowest BCUT2D eigenvalue weighted by Gasteiger charge is -2.51. The number of ether oxygens (including phenoxy) is 17. The Hall–Kier alpha value is -5.48. The van der Waals surface area contributed by atoms with Crippen molar-refractivity contribution in [2.24, 2.45) is 36.4 Å². The number of thioether (sulfide) groups is 1. The quantitative estimate of drug-likeness (QED) is 0.0125. The van der Waals surface area contributed by atoms with Gasteiger partial charge in [0.05, 0.1) is 129 Å². The summed E-state index contributed by atoms with van der Waals surface area (Å²) in [5, 5.41) is 154. The molecule has 22 rings (SSSR count). The number of hydrogen-bond donors (Lipinski definition) is 13. The van der Waals surface area contributed by atoms with E-state index in [4.69, 9.17) is 86.3 Å². The molecular weight excluding hydrogens is 1400 g/mol. The summed E-state index contributed by atoms with van der Waals surface area (Å²) in [6, 6.07) is 0. The molecule has 0 unspecified atom stereocenters. The highest BCUT2D eigenvalue weighted by molar-refractivity contribution is 7.99. The molecule has 50 heteroatoms. The number of nitrogens with one attached hydrogen (secondary N) is 1. The molecule has 0 saturated carbocycles. The monoisotopic (exact) mass is 1490 g/mol. The molecule has 14 N–H and O–H groups in total. The van der Waals surface area contributed by atoms with E-state index in [1.807, 2.05) is 0 Å². The highest BCUT2D eigenvalue weighted by Gasteiger charge is 2.59. The number of carbonyl (C=O) groups excluding carboxylic acids is 1. The van der Waals surface area contributed by atoms with Crippen LogP contribution in [0.5, 0.6) is 0 Å². The molecule has 0 radical (unpaired) electrons. The first-order valence-electron chi connectivity index (χ1n) is 32.2. The van der Waals surface area contributed by atoms with Gasteiger partial charge in [-0.15, -0.1) is 0 Å². The summed E-state index contributed by atoms with van der Waals surface area (Å²) in [4.78, 5) is 28.9. The molecule has 12 bridgehead atoms. The highest BCUT2D eigenvalue weighted by atomic mass is 32.2. The molecule has 0 spiro atoms. The average Bonchev–Trinajstić information content (AvgIpc) is 0.774. The molecule has 49 nitrogen and oxygen atoms in total. The second-order valence-electron chi connectivity index (χ2n) is 23.4. The van der Waals surface area contributed by atoms with Crippen LogP contribution < -0.4 is 11.1 Å². The number of azide groups is 6.